The van der Waals surface area contributed by atoms with Crippen LogP contribution in [0.3, 0.4) is 0 Å². The molecule has 1 aliphatic rings. The predicted octanol–water partition coefficient (Wildman–Crippen LogP) is 0.526. The summed E-state index contributed by atoms with van der Waals surface area (Å²) in [5, 5.41) is 13.1. The molecule has 2 N–H and O–H groups in total. The third-order valence-corrected chi connectivity index (χ3v) is 2.62. The maximum atomic E-state index is 9.98. The highest BCUT2D eigenvalue weighted by atomic mass is 16.5. The van der Waals surface area contributed by atoms with Gasteiger partial charge in [0.15, 0.2) is 0 Å². The second kappa shape index (κ2) is 4.21. The van der Waals surface area contributed by atoms with Crippen LogP contribution in [0.2, 0.25) is 0 Å². The summed E-state index contributed by atoms with van der Waals surface area (Å²) in [6.07, 6.45) is 2.79. The quantitative estimate of drug-likeness (QED) is 0.651. The van der Waals surface area contributed by atoms with E-state index >= 15 is 0 Å². The molecule has 0 amide bonds. The molecule has 0 aliphatic carbocycles. The molecule has 0 aromatic heterocycles. The highest BCUT2D eigenvalue weighted by molar-refractivity contribution is 4.89. The number of ether oxygens (including phenoxy) is 1. The van der Waals surface area contributed by atoms with Gasteiger partial charge in [0.25, 0.3) is 0 Å². The van der Waals surface area contributed by atoms with Gasteiger partial charge in [0.2, 0.25) is 0 Å². The van der Waals surface area contributed by atoms with E-state index in [9.17, 15) is 5.11 Å². The largest absolute Gasteiger partial charge is 0.388 e. The molecule has 1 rings (SSSR count). The van der Waals surface area contributed by atoms with Gasteiger partial charge in [-0.15, -0.1) is 0 Å². The summed E-state index contributed by atoms with van der Waals surface area (Å²) >= 11 is 0. The van der Waals surface area contributed by atoms with Crippen LogP contribution in [0.25, 0.3) is 0 Å². The smallest absolute Gasteiger partial charge is 0.0808 e. The molecular formula is C9H19NO2. The molecule has 0 aromatic carbocycles. The first kappa shape index (κ1) is 9.96. The lowest BCUT2D eigenvalue weighted by molar-refractivity contribution is -0.0129. The lowest BCUT2D eigenvalue weighted by Gasteiger charge is -2.25. The van der Waals surface area contributed by atoms with E-state index in [-0.39, 0.29) is 6.10 Å². The molecule has 72 valence electrons. The third-order valence-electron chi connectivity index (χ3n) is 2.62. The topological polar surface area (TPSA) is 41.5 Å². The van der Waals surface area contributed by atoms with Crippen LogP contribution in [0.5, 0.6) is 0 Å². The molecule has 2 unspecified atom stereocenters. The minimum atomic E-state index is -0.517. The van der Waals surface area contributed by atoms with Crippen molar-refractivity contribution in [2.75, 3.05) is 20.2 Å². The molecule has 3 heteroatoms. The number of hydrogen-bond donors (Lipinski definition) is 2. The Morgan fingerprint density at radius 2 is 2.42 bits per heavy atom. The molecule has 1 fully saturated rings. The zero-order valence-corrected chi connectivity index (χ0v) is 7.97. The summed E-state index contributed by atoms with van der Waals surface area (Å²) in [4.78, 5) is 0. The van der Waals surface area contributed by atoms with E-state index in [0.717, 1.165) is 25.8 Å². The van der Waals surface area contributed by atoms with E-state index in [0.29, 0.717) is 6.54 Å². The normalized spacial score (nSPS) is 32.2. The van der Waals surface area contributed by atoms with Gasteiger partial charge in [0.05, 0.1) is 11.7 Å². The van der Waals surface area contributed by atoms with Gasteiger partial charge in [-0.2, -0.15) is 0 Å². The van der Waals surface area contributed by atoms with Crippen LogP contribution in [0, 0.1) is 0 Å². The average molecular weight is 173 g/mol. The Kier molecular flexibility index (Phi) is 3.50. The van der Waals surface area contributed by atoms with Crippen molar-refractivity contribution in [2.24, 2.45) is 0 Å². The van der Waals surface area contributed by atoms with Crippen LogP contribution in [0.15, 0.2) is 0 Å². The highest BCUT2D eigenvalue weighted by Crippen LogP contribution is 2.22. The van der Waals surface area contributed by atoms with Crippen molar-refractivity contribution in [3.63, 3.8) is 0 Å². The van der Waals surface area contributed by atoms with Gasteiger partial charge >= 0.3 is 0 Å². The van der Waals surface area contributed by atoms with Gasteiger partial charge in [-0.25, -0.2) is 0 Å². The Labute approximate surface area is 74.1 Å². The first-order valence-electron chi connectivity index (χ1n) is 4.66. The molecule has 0 aromatic rings. The molecule has 1 heterocycles. The van der Waals surface area contributed by atoms with Crippen molar-refractivity contribution in [3.05, 3.63) is 0 Å². The fourth-order valence-electron chi connectivity index (χ4n) is 1.72. The minimum absolute atomic E-state index is 0.204. The monoisotopic (exact) mass is 173 g/mol. The standard InChI is InChI=1S/C9H19NO2/c1-3-8(12-2)6-9(11)4-5-10-7-9/h8,10-11H,3-7H2,1-2H3. The van der Waals surface area contributed by atoms with E-state index in [1.54, 1.807) is 7.11 Å². The lowest BCUT2D eigenvalue weighted by Crippen LogP contribution is -2.35. The second-order valence-corrected chi connectivity index (χ2v) is 3.62. The van der Waals surface area contributed by atoms with E-state index in [2.05, 4.69) is 12.2 Å². The number of aliphatic hydroxyl groups is 1. The molecule has 0 spiro atoms. The van der Waals surface area contributed by atoms with Crippen molar-refractivity contribution >= 4 is 0 Å². The summed E-state index contributed by atoms with van der Waals surface area (Å²) in [5.74, 6) is 0. The van der Waals surface area contributed by atoms with Crippen molar-refractivity contribution in [3.8, 4) is 0 Å². The van der Waals surface area contributed by atoms with E-state index in [4.69, 9.17) is 4.74 Å². The van der Waals surface area contributed by atoms with Crippen LogP contribution < -0.4 is 5.32 Å². The minimum Gasteiger partial charge on any atom is -0.388 e. The van der Waals surface area contributed by atoms with Gasteiger partial charge in [-0.05, 0) is 19.4 Å². The molecule has 0 bridgehead atoms. The van der Waals surface area contributed by atoms with Gasteiger partial charge in [-0.1, -0.05) is 6.92 Å². The van der Waals surface area contributed by atoms with Gasteiger partial charge in [0, 0.05) is 20.1 Å². The maximum Gasteiger partial charge on any atom is 0.0808 e. The van der Waals surface area contributed by atoms with Crippen LogP contribution in [0.1, 0.15) is 26.2 Å². The van der Waals surface area contributed by atoms with Crippen LogP contribution in [-0.2, 0) is 4.74 Å². The van der Waals surface area contributed by atoms with Crippen molar-refractivity contribution in [1.82, 2.24) is 5.32 Å². The average Bonchev–Trinajstić information content (AvgIpc) is 2.48. The summed E-state index contributed by atoms with van der Waals surface area (Å²) in [6, 6.07) is 0. The Balaban J connectivity index is 2.36. The summed E-state index contributed by atoms with van der Waals surface area (Å²) in [5.41, 5.74) is -0.517. The fraction of sp³-hybridized carbons (Fsp3) is 1.00. The number of hydrogen-bond acceptors (Lipinski definition) is 3. The number of methoxy groups -OCH3 is 1. The summed E-state index contributed by atoms with van der Waals surface area (Å²) < 4.78 is 5.24. The first-order chi connectivity index (χ1) is 5.70. The predicted molar refractivity (Wildman–Crippen MR) is 48.1 cm³/mol. The van der Waals surface area contributed by atoms with Gasteiger partial charge < -0.3 is 15.2 Å². The highest BCUT2D eigenvalue weighted by Gasteiger charge is 2.33. The van der Waals surface area contributed by atoms with Crippen LogP contribution >= 0.6 is 0 Å². The molecular weight excluding hydrogens is 154 g/mol. The molecule has 12 heavy (non-hydrogen) atoms. The number of nitrogens with one attached hydrogen (secondary N) is 1. The third kappa shape index (κ3) is 2.44. The van der Waals surface area contributed by atoms with Crippen LogP contribution in [-0.4, -0.2) is 37.0 Å². The van der Waals surface area contributed by atoms with E-state index < -0.39 is 5.60 Å². The van der Waals surface area contributed by atoms with Crippen LogP contribution in [0.4, 0.5) is 0 Å². The maximum absolute atomic E-state index is 9.98. The van der Waals surface area contributed by atoms with Crippen molar-refractivity contribution < 1.29 is 9.84 Å². The zero-order valence-electron chi connectivity index (χ0n) is 7.97. The second-order valence-electron chi connectivity index (χ2n) is 3.62. The van der Waals surface area contributed by atoms with E-state index in [1.807, 2.05) is 0 Å². The molecule has 3 nitrogen and oxygen atoms in total. The Morgan fingerprint density at radius 3 is 2.83 bits per heavy atom. The molecule has 0 radical (unpaired) electrons. The van der Waals surface area contributed by atoms with Crippen molar-refractivity contribution in [1.29, 1.82) is 0 Å². The first-order valence-corrected chi connectivity index (χ1v) is 4.66. The molecule has 1 saturated heterocycles. The summed E-state index contributed by atoms with van der Waals surface area (Å²) in [6.45, 7) is 3.73. The van der Waals surface area contributed by atoms with Crippen molar-refractivity contribution in [2.45, 2.75) is 37.9 Å². The molecule has 0 saturated carbocycles. The van der Waals surface area contributed by atoms with E-state index in [1.165, 1.54) is 0 Å². The zero-order chi connectivity index (χ0) is 9.03. The summed E-state index contributed by atoms with van der Waals surface area (Å²) in [7, 11) is 1.71. The lowest BCUT2D eigenvalue weighted by atomic mass is 9.94. The van der Waals surface area contributed by atoms with Gasteiger partial charge in [0.1, 0.15) is 0 Å². The molecule has 1 aliphatic heterocycles. The number of β-amino-alcohol motifs (C(OH)–C–C–N with tert-alkyl or cyclic N) is 1. The number of rotatable bonds is 4. The Hall–Kier alpha value is -0.120. The SMILES string of the molecule is CCC(CC1(O)CCNC1)OC. The Morgan fingerprint density at radius 1 is 1.67 bits per heavy atom. The molecule has 2 atom stereocenters. The van der Waals surface area contributed by atoms with Gasteiger partial charge in [-0.3, -0.25) is 0 Å². The Bertz CT molecular complexity index is 128. The fourth-order valence-corrected chi connectivity index (χ4v) is 1.72.